The fourth-order valence-corrected chi connectivity index (χ4v) is 5.01. The fourth-order valence-electron chi connectivity index (χ4n) is 3.15. The molecule has 0 aliphatic carbocycles. The molecule has 156 valence electrons. The maximum absolute atomic E-state index is 13.2. The number of hydrogen-bond acceptors (Lipinski definition) is 4. The summed E-state index contributed by atoms with van der Waals surface area (Å²) in [5, 5.41) is 2.90. The Bertz CT molecular complexity index is 992. The standard InChI is InChI=1S/C21H25ClN2O4S/c1-15(2)13-23-21(25)14-28-20-10-9-17(12-18(20)22)29(26,27)24-11-5-7-16-6-3-4-8-19(16)24/h3-4,6,8-10,12,15H,5,7,11,13-14H2,1-2H3,(H,23,25). The number of nitrogens with zero attached hydrogens (tertiary/aromatic N) is 1. The van der Waals surface area contributed by atoms with Crippen LogP contribution < -0.4 is 14.4 Å². The van der Waals surface area contributed by atoms with Gasteiger partial charge in [0.05, 0.1) is 15.6 Å². The van der Waals surface area contributed by atoms with Crippen LogP contribution in [-0.2, 0) is 21.2 Å². The van der Waals surface area contributed by atoms with Crippen LogP contribution in [0.1, 0.15) is 25.8 Å². The first kappa shape index (κ1) is 21.5. The molecule has 1 N–H and O–H groups in total. The molecule has 0 atom stereocenters. The van der Waals surface area contributed by atoms with Gasteiger partial charge < -0.3 is 10.1 Å². The highest BCUT2D eigenvalue weighted by Gasteiger charge is 2.29. The molecule has 0 aromatic heterocycles. The van der Waals surface area contributed by atoms with Gasteiger partial charge in [-0.1, -0.05) is 43.6 Å². The monoisotopic (exact) mass is 436 g/mol. The van der Waals surface area contributed by atoms with Gasteiger partial charge in [0.25, 0.3) is 15.9 Å². The van der Waals surface area contributed by atoms with Gasteiger partial charge in [-0.15, -0.1) is 0 Å². The lowest BCUT2D eigenvalue weighted by Gasteiger charge is -2.30. The molecule has 6 nitrogen and oxygen atoms in total. The Hall–Kier alpha value is -2.25. The Labute approximate surface area is 176 Å². The van der Waals surface area contributed by atoms with Crippen LogP contribution in [0, 0.1) is 5.92 Å². The third kappa shape index (κ3) is 5.03. The molecule has 1 heterocycles. The number of sulfonamides is 1. The van der Waals surface area contributed by atoms with Crippen LogP contribution >= 0.6 is 11.6 Å². The summed E-state index contributed by atoms with van der Waals surface area (Å²) in [6.07, 6.45) is 1.62. The third-order valence-electron chi connectivity index (χ3n) is 4.63. The minimum atomic E-state index is -3.75. The number of halogens is 1. The summed E-state index contributed by atoms with van der Waals surface area (Å²) in [5.41, 5.74) is 1.72. The molecular weight excluding hydrogens is 412 g/mol. The molecule has 0 spiro atoms. The normalized spacial score (nSPS) is 13.9. The zero-order valence-corrected chi connectivity index (χ0v) is 18.1. The van der Waals surface area contributed by atoms with E-state index in [4.69, 9.17) is 16.3 Å². The first-order valence-corrected chi connectivity index (χ1v) is 11.4. The van der Waals surface area contributed by atoms with Crippen molar-refractivity contribution in [2.75, 3.05) is 24.0 Å². The van der Waals surface area contributed by atoms with E-state index in [1.165, 1.54) is 22.5 Å². The lowest BCUT2D eigenvalue weighted by molar-refractivity contribution is -0.123. The molecule has 0 bridgehead atoms. The number of amides is 1. The number of nitrogens with one attached hydrogen (secondary N) is 1. The largest absolute Gasteiger partial charge is 0.482 e. The van der Waals surface area contributed by atoms with Crippen molar-refractivity contribution in [3.63, 3.8) is 0 Å². The number of hydrogen-bond donors (Lipinski definition) is 1. The smallest absolute Gasteiger partial charge is 0.264 e. The molecule has 3 rings (SSSR count). The molecule has 1 aliphatic heterocycles. The maximum atomic E-state index is 13.2. The van der Waals surface area contributed by atoms with E-state index >= 15 is 0 Å². The van der Waals surface area contributed by atoms with Crippen LogP contribution in [0.15, 0.2) is 47.4 Å². The molecular formula is C21H25ClN2O4S. The number of carbonyl (C=O) groups excluding carboxylic acids is 1. The van der Waals surface area contributed by atoms with Crippen molar-refractivity contribution in [3.8, 4) is 5.75 Å². The highest BCUT2D eigenvalue weighted by molar-refractivity contribution is 7.92. The second-order valence-electron chi connectivity index (χ2n) is 7.39. The molecule has 1 aliphatic rings. The number of fused-ring (bicyclic) bond motifs is 1. The van der Waals surface area contributed by atoms with Gasteiger partial charge in [0.2, 0.25) is 0 Å². The van der Waals surface area contributed by atoms with Crippen molar-refractivity contribution in [2.24, 2.45) is 5.92 Å². The number of aryl methyl sites for hydroxylation is 1. The summed E-state index contributed by atoms with van der Waals surface area (Å²) in [7, 11) is -3.75. The van der Waals surface area contributed by atoms with Crippen LogP contribution in [0.3, 0.4) is 0 Å². The molecule has 0 radical (unpaired) electrons. The minimum Gasteiger partial charge on any atom is -0.482 e. The predicted octanol–water partition coefficient (Wildman–Crippen LogP) is 3.63. The topological polar surface area (TPSA) is 75.7 Å². The SMILES string of the molecule is CC(C)CNC(=O)COc1ccc(S(=O)(=O)N2CCCc3ccccc32)cc1Cl. The summed E-state index contributed by atoms with van der Waals surface area (Å²) in [6, 6.07) is 11.8. The van der Waals surface area contributed by atoms with Crippen molar-refractivity contribution in [3.05, 3.63) is 53.1 Å². The van der Waals surface area contributed by atoms with Crippen molar-refractivity contribution in [1.29, 1.82) is 0 Å². The molecule has 29 heavy (non-hydrogen) atoms. The average Bonchev–Trinajstić information content (AvgIpc) is 2.70. The summed E-state index contributed by atoms with van der Waals surface area (Å²) in [4.78, 5) is 11.9. The Morgan fingerprint density at radius 1 is 1.24 bits per heavy atom. The number of carbonyl (C=O) groups is 1. The van der Waals surface area contributed by atoms with Gasteiger partial charge in [0.15, 0.2) is 6.61 Å². The molecule has 0 unspecified atom stereocenters. The molecule has 2 aromatic rings. The van der Waals surface area contributed by atoms with Crippen LogP contribution in [-0.4, -0.2) is 34.0 Å². The van der Waals surface area contributed by atoms with Crippen LogP contribution in [0.2, 0.25) is 5.02 Å². The molecule has 1 amide bonds. The van der Waals surface area contributed by atoms with Crippen LogP contribution in [0.4, 0.5) is 5.69 Å². The lowest BCUT2D eigenvalue weighted by atomic mass is 10.0. The van der Waals surface area contributed by atoms with Crippen molar-refractivity contribution < 1.29 is 17.9 Å². The van der Waals surface area contributed by atoms with E-state index in [1.54, 1.807) is 0 Å². The Morgan fingerprint density at radius 2 is 2.00 bits per heavy atom. The first-order chi connectivity index (χ1) is 13.8. The van der Waals surface area contributed by atoms with E-state index in [0.717, 1.165) is 18.4 Å². The third-order valence-corrected chi connectivity index (χ3v) is 6.73. The summed E-state index contributed by atoms with van der Waals surface area (Å²) >= 11 is 6.25. The van der Waals surface area contributed by atoms with Gasteiger partial charge in [0.1, 0.15) is 5.75 Å². The second-order valence-corrected chi connectivity index (χ2v) is 9.66. The average molecular weight is 437 g/mol. The van der Waals surface area contributed by atoms with Crippen LogP contribution in [0.25, 0.3) is 0 Å². The van der Waals surface area contributed by atoms with Gasteiger partial charge in [-0.05, 0) is 48.6 Å². The molecule has 0 saturated heterocycles. The van der Waals surface area contributed by atoms with Crippen molar-refractivity contribution >= 4 is 33.2 Å². The van der Waals surface area contributed by atoms with E-state index in [0.29, 0.717) is 24.7 Å². The van der Waals surface area contributed by atoms with Gasteiger partial charge >= 0.3 is 0 Å². The number of benzene rings is 2. The van der Waals surface area contributed by atoms with Gasteiger partial charge in [0, 0.05) is 13.1 Å². The molecule has 2 aromatic carbocycles. The Kier molecular flexibility index (Phi) is 6.70. The van der Waals surface area contributed by atoms with Gasteiger partial charge in [-0.25, -0.2) is 8.42 Å². The Balaban J connectivity index is 1.75. The zero-order chi connectivity index (χ0) is 21.0. The highest BCUT2D eigenvalue weighted by Crippen LogP contribution is 2.34. The minimum absolute atomic E-state index is 0.0933. The van der Waals surface area contributed by atoms with Crippen LogP contribution in [0.5, 0.6) is 5.75 Å². The van der Waals surface area contributed by atoms with Gasteiger partial charge in [-0.3, -0.25) is 9.10 Å². The van der Waals surface area contributed by atoms with E-state index in [9.17, 15) is 13.2 Å². The first-order valence-electron chi connectivity index (χ1n) is 9.58. The number of ether oxygens (including phenoxy) is 1. The zero-order valence-electron chi connectivity index (χ0n) is 16.5. The summed E-state index contributed by atoms with van der Waals surface area (Å²) in [5.74, 6) is 0.354. The number of anilines is 1. The molecule has 0 fully saturated rings. The fraction of sp³-hybridized carbons (Fsp3) is 0.381. The van der Waals surface area contributed by atoms with E-state index in [-0.39, 0.29) is 28.2 Å². The van der Waals surface area contributed by atoms with Crippen molar-refractivity contribution in [2.45, 2.75) is 31.6 Å². The maximum Gasteiger partial charge on any atom is 0.264 e. The quantitative estimate of drug-likeness (QED) is 0.719. The molecule has 0 saturated carbocycles. The van der Waals surface area contributed by atoms with E-state index < -0.39 is 10.0 Å². The second kappa shape index (κ2) is 9.05. The highest BCUT2D eigenvalue weighted by atomic mass is 35.5. The summed E-state index contributed by atoms with van der Waals surface area (Å²) in [6.45, 7) is 4.80. The van der Waals surface area contributed by atoms with E-state index in [1.807, 2.05) is 38.1 Å². The van der Waals surface area contributed by atoms with Gasteiger partial charge in [-0.2, -0.15) is 0 Å². The van der Waals surface area contributed by atoms with Crippen molar-refractivity contribution in [1.82, 2.24) is 5.32 Å². The number of para-hydroxylation sites is 1. The van der Waals surface area contributed by atoms with E-state index in [2.05, 4.69) is 5.32 Å². The lowest BCUT2D eigenvalue weighted by Crippen LogP contribution is -2.35. The predicted molar refractivity (Wildman–Crippen MR) is 114 cm³/mol. The summed E-state index contributed by atoms with van der Waals surface area (Å²) < 4.78 is 33.3. The molecule has 8 heteroatoms. The Morgan fingerprint density at radius 3 is 2.72 bits per heavy atom. The number of rotatable bonds is 7.